The smallest absolute Gasteiger partial charge is 0.287 e. The quantitative estimate of drug-likeness (QED) is 0.668. The number of piperazine rings is 1. The molecule has 1 aromatic rings. The summed E-state index contributed by atoms with van der Waals surface area (Å²) in [6.07, 6.45) is 1.33. The highest BCUT2D eigenvalue weighted by Gasteiger charge is 2.27. The Morgan fingerprint density at radius 2 is 2.10 bits per heavy atom. The van der Waals surface area contributed by atoms with Crippen LogP contribution in [0.3, 0.4) is 0 Å². The molecule has 1 fully saturated rings. The molecule has 2 heterocycles. The third-order valence-electron chi connectivity index (χ3n) is 3.12. The summed E-state index contributed by atoms with van der Waals surface area (Å²) in [4.78, 5) is 16.7. The lowest BCUT2D eigenvalue weighted by molar-refractivity contribution is -0.385. The molecule has 6 nitrogen and oxygen atoms in total. The van der Waals surface area contributed by atoms with Gasteiger partial charge >= 0.3 is 0 Å². The first kappa shape index (κ1) is 18.9. The Bertz CT molecular complexity index is 483. The zero-order chi connectivity index (χ0) is 13.3. The van der Waals surface area contributed by atoms with Crippen molar-refractivity contribution in [3.63, 3.8) is 0 Å². The van der Waals surface area contributed by atoms with E-state index in [4.69, 9.17) is 0 Å². The van der Waals surface area contributed by atoms with Gasteiger partial charge in [0.05, 0.1) is 4.92 Å². The zero-order valence-electron chi connectivity index (χ0n) is 11.8. The van der Waals surface area contributed by atoms with E-state index in [1.165, 1.54) is 6.20 Å². The number of hydrogen-bond donors (Lipinski definition) is 1. The number of anilines is 1. The van der Waals surface area contributed by atoms with Gasteiger partial charge in [-0.05, 0) is 26.3 Å². The Morgan fingerprint density at radius 3 is 2.60 bits per heavy atom. The largest absolute Gasteiger partial charge is 0.353 e. The van der Waals surface area contributed by atoms with Gasteiger partial charge in [-0.15, -0.1) is 24.8 Å². The van der Waals surface area contributed by atoms with Gasteiger partial charge in [-0.3, -0.25) is 10.1 Å². The molecule has 0 spiro atoms. The summed E-state index contributed by atoms with van der Waals surface area (Å²) in [5.74, 6) is 0.843. The molecule has 1 aromatic heterocycles. The number of halogens is 2. The van der Waals surface area contributed by atoms with Crippen LogP contribution >= 0.6 is 24.8 Å². The fraction of sp³-hybridized carbons (Fsp3) is 0.583. The van der Waals surface area contributed by atoms with E-state index in [2.05, 4.69) is 29.0 Å². The lowest BCUT2D eigenvalue weighted by Crippen LogP contribution is -2.57. The van der Waals surface area contributed by atoms with Gasteiger partial charge in [0.2, 0.25) is 0 Å². The minimum Gasteiger partial charge on any atom is -0.353 e. The number of aromatic nitrogens is 1. The van der Waals surface area contributed by atoms with Crippen LogP contribution in [-0.2, 0) is 0 Å². The minimum absolute atomic E-state index is 0. The Hall–Kier alpha value is -1.11. The molecule has 0 aliphatic carbocycles. The van der Waals surface area contributed by atoms with Gasteiger partial charge in [0.1, 0.15) is 12.0 Å². The van der Waals surface area contributed by atoms with Crippen molar-refractivity contribution in [1.82, 2.24) is 10.3 Å². The summed E-state index contributed by atoms with van der Waals surface area (Å²) in [5.41, 5.74) is 0.932. The summed E-state index contributed by atoms with van der Waals surface area (Å²) in [6.45, 7) is 8.75. The average molecular weight is 323 g/mol. The maximum Gasteiger partial charge on any atom is 0.287 e. The van der Waals surface area contributed by atoms with Crippen molar-refractivity contribution < 1.29 is 4.92 Å². The minimum atomic E-state index is -0.411. The molecule has 1 aliphatic heterocycles. The number of nitrogens with zero attached hydrogens (tertiary/aromatic N) is 3. The monoisotopic (exact) mass is 322 g/mol. The van der Waals surface area contributed by atoms with E-state index in [0.29, 0.717) is 0 Å². The highest BCUT2D eigenvalue weighted by Crippen LogP contribution is 2.24. The van der Waals surface area contributed by atoms with Crippen molar-refractivity contribution in [1.29, 1.82) is 0 Å². The van der Waals surface area contributed by atoms with Gasteiger partial charge in [-0.25, -0.2) is 4.98 Å². The third kappa shape index (κ3) is 4.19. The van der Waals surface area contributed by atoms with Crippen molar-refractivity contribution in [3.8, 4) is 0 Å². The van der Waals surface area contributed by atoms with Crippen LogP contribution in [0.4, 0.5) is 11.5 Å². The van der Waals surface area contributed by atoms with E-state index in [-0.39, 0.29) is 36.0 Å². The predicted molar refractivity (Wildman–Crippen MR) is 84.4 cm³/mol. The summed E-state index contributed by atoms with van der Waals surface area (Å²) < 4.78 is 0. The highest BCUT2D eigenvalue weighted by molar-refractivity contribution is 5.85. The molecule has 0 aromatic carbocycles. The van der Waals surface area contributed by atoms with Gasteiger partial charge in [-0.1, -0.05) is 0 Å². The van der Waals surface area contributed by atoms with E-state index in [1.807, 2.05) is 6.92 Å². The molecular formula is C12H20Cl2N4O2. The van der Waals surface area contributed by atoms with Crippen molar-refractivity contribution in [2.45, 2.75) is 26.3 Å². The lowest BCUT2D eigenvalue weighted by atomic mass is 10.0. The molecule has 0 radical (unpaired) electrons. The van der Waals surface area contributed by atoms with Gasteiger partial charge < -0.3 is 10.2 Å². The van der Waals surface area contributed by atoms with Crippen molar-refractivity contribution in [2.75, 3.05) is 24.5 Å². The van der Waals surface area contributed by atoms with Gasteiger partial charge in [0.25, 0.3) is 5.69 Å². The molecule has 0 unspecified atom stereocenters. The first-order valence-electron chi connectivity index (χ1n) is 6.00. The molecule has 1 aliphatic rings. The summed E-state index contributed by atoms with van der Waals surface area (Å²) in [6, 6.07) is 1.58. The van der Waals surface area contributed by atoms with E-state index in [0.717, 1.165) is 31.0 Å². The molecule has 20 heavy (non-hydrogen) atoms. The Labute approximate surface area is 130 Å². The van der Waals surface area contributed by atoms with Crippen LogP contribution in [0.2, 0.25) is 0 Å². The number of pyridine rings is 1. The molecular weight excluding hydrogens is 303 g/mol. The second kappa shape index (κ2) is 7.06. The van der Waals surface area contributed by atoms with Crippen LogP contribution in [0.25, 0.3) is 0 Å². The van der Waals surface area contributed by atoms with Crippen LogP contribution in [0, 0.1) is 17.0 Å². The SMILES string of the molecule is Cc1cc([N+](=O)[O-])cnc1N1CCNC(C)(C)C1.Cl.Cl. The van der Waals surface area contributed by atoms with E-state index < -0.39 is 4.92 Å². The molecule has 1 N–H and O–H groups in total. The molecule has 0 bridgehead atoms. The maximum atomic E-state index is 10.7. The molecule has 0 amide bonds. The van der Waals surface area contributed by atoms with Gasteiger partial charge in [0.15, 0.2) is 0 Å². The molecule has 1 saturated heterocycles. The van der Waals surface area contributed by atoms with E-state index >= 15 is 0 Å². The third-order valence-corrected chi connectivity index (χ3v) is 3.12. The fourth-order valence-electron chi connectivity index (χ4n) is 2.31. The summed E-state index contributed by atoms with van der Waals surface area (Å²) >= 11 is 0. The standard InChI is InChI=1S/C12H18N4O2.2ClH/c1-9-6-10(16(17)18)7-13-11(9)15-5-4-14-12(2,3)8-15;;/h6-7,14H,4-5,8H2,1-3H3;2*1H. The van der Waals surface area contributed by atoms with Crippen molar-refractivity contribution in [2.24, 2.45) is 0 Å². The second-order valence-electron chi connectivity index (χ2n) is 5.32. The van der Waals surface area contributed by atoms with Gasteiger partial charge in [-0.2, -0.15) is 0 Å². The van der Waals surface area contributed by atoms with Crippen LogP contribution in [0.15, 0.2) is 12.3 Å². The number of nitrogens with one attached hydrogen (secondary N) is 1. The number of aryl methyl sites for hydroxylation is 1. The van der Waals surface area contributed by atoms with Crippen LogP contribution in [0.5, 0.6) is 0 Å². The zero-order valence-corrected chi connectivity index (χ0v) is 13.4. The van der Waals surface area contributed by atoms with Crippen molar-refractivity contribution >= 4 is 36.3 Å². The van der Waals surface area contributed by atoms with E-state index in [9.17, 15) is 10.1 Å². The van der Waals surface area contributed by atoms with Gasteiger partial charge in [0, 0.05) is 31.2 Å². The normalized spacial score (nSPS) is 16.9. The highest BCUT2D eigenvalue weighted by atomic mass is 35.5. The molecule has 0 atom stereocenters. The second-order valence-corrected chi connectivity index (χ2v) is 5.32. The van der Waals surface area contributed by atoms with Crippen LogP contribution in [0.1, 0.15) is 19.4 Å². The predicted octanol–water partition coefficient (Wildman–Crippen LogP) is 2.33. The first-order valence-corrected chi connectivity index (χ1v) is 6.00. The number of hydrogen-bond acceptors (Lipinski definition) is 5. The Morgan fingerprint density at radius 1 is 1.45 bits per heavy atom. The van der Waals surface area contributed by atoms with Crippen molar-refractivity contribution in [3.05, 3.63) is 27.9 Å². The Balaban J connectivity index is 0.00000180. The van der Waals surface area contributed by atoms with Crippen LogP contribution < -0.4 is 10.2 Å². The summed E-state index contributed by atoms with van der Waals surface area (Å²) in [7, 11) is 0. The Kier molecular flexibility index (Phi) is 6.67. The topological polar surface area (TPSA) is 71.3 Å². The fourth-order valence-corrected chi connectivity index (χ4v) is 2.31. The first-order chi connectivity index (χ1) is 8.39. The van der Waals surface area contributed by atoms with Crippen LogP contribution in [-0.4, -0.2) is 35.1 Å². The molecule has 114 valence electrons. The van der Waals surface area contributed by atoms with E-state index in [1.54, 1.807) is 6.07 Å². The number of nitro groups is 1. The molecule has 8 heteroatoms. The summed E-state index contributed by atoms with van der Waals surface area (Å²) in [5, 5.41) is 14.1. The molecule has 2 rings (SSSR count). The lowest BCUT2D eigenvalue weighted by Gasteiger charge is -2.40. The maximum absolute atomic E-state index is 10.7. The number of rotatable bonds is 2. The average Bonchev–Trinajstić information content (AvgIpc) is 2.27. The molecule has 0 saturated carbocycles.